The predicted octanol–water partition coefficient (Wildman–Crippen LogP) is 5.51. The summed E-state index contributed by atoms with van der Waals surface area (Å²) < 4.78 is 17.2. The second-order valence-electron chi connectivity index (χ2n) is 9.66. The van der Waals surface area contributed by atoms with Crippen molar-refractivity contribution in [2.45, 2.75) is 84.7 Å². The molecule has 7 heteroatoms. The van der Waals surface area contributed by atoms with Crippen LogP contribution in [0.15, 0.2) is 17.3 Å². The highest BCUT2D eigenvalue weighted by Gasteiger charge is 2.41. The molecule has 0 unspecified atom stereocenters. The number of hydrogen-bond acceptors (Lipinski definition) is 5. The van der Waals surface area contributed by atoms with Gasteiger partial charge >= 0.3 is 5.97 Å². The van der Waals surface area contributed by atoms with Crippen molar-refractivity contribution in [3.05, 3.63) is 12.2 Å². The van der Waals surface area contributed by atoms with E-state index >= 15 is 0 Å². The lowest BCUT2D eigenvalue weighted by Crippen LogP contribution is -2.42. The van der Waals surface area contributed by atoms with E-state index in [1.807, 2.05) is 0 Å². The van der Waals surface area contributed by atoms with Crippen LogP contribution in [0.3, 0.4) is 0 Å². The second-order valence-corrected chi connectivity index (χ2v) is 19.2. The first-order chi connectivity index (χ1) is 11.5. The minimum Gasteiger partial charge on any atom is -0.461 e. The number of nitrogens with zero attached hydrogens (tertiary/aromatic N) is 1. The molecule has 0 atom stereocenters. The zero-order valence-electron chi connectivity index (χ0n) is 18.7. The highest BCUT2D eigenvalue weighted by Crippen LogP contribution is 2.37. The normalized spacial score (nSPS) is 14.2. The summed E-state index contributed by atoms with van der Waals surface area (Å²) in [5.41, 5.74) is 0.613. The van der Waals surface area contributed by atoms with Crippen LogP contribution in [0, 0.1) is 0 Å². The molecule has 0 aliphatic carbocycles. The van der Waals surface area contributed by atoms with Crippen molar-refractivity contribution < 1.29 is 18.5 Å². The molecule has 26 heavy (non-hydrogen) atoms. The first kappa shape index (κ1) is 25.1. The second kappa shape index (κ2) is 8.84. The summed E-state index contributed by atoms with van der Waals surface area (Å²) in [6.07, 6.45) is 0. The summed E-state index contributed by atoms with van der Waals surface area (Å²) in [4.78, 5) is 12.4. The third-order valence-corrected chi connectivity index (χ3v) is 14.0. The molecule has 0 aliphatic heterocycles. The Balaban J connectivity index is 5.42. The molecule has 0 fully saturated rings. The van der Waals surface area contributed by atoms with E-state index < -0.39 is 22.6 Å². The van der Waals surface area contributed by atoms with Crippen molar-refractivity contribution >= 4 is 28.3 Å². The van der Waals surface area contributed by atoms with Crippen LogP contribution in [0.4, 0.5) is 0 Å². The molecule has 0 amide bonds. The summed E-state index contributed by atoms with van der Waals surface area (Å²) in [7, 11) is -4.10. The molecule has 0 bridgehead atoms. The lowest BCUT2D eigenvalue weighted by atomic mass is 10.2. The molecule has 152 valence electrons. The topological polar surface area (TPSA) is 57.1 Å². The van der Waals surface area contributed by atoms with Crippen LogP contribution in [-0.4, -0.2) is 41.5 Å². The highest BCUT2D eigenvalue weighted by molar-refractivity contribution is 6.74. The summed E-state index contributed by atoms with van der Waals surface area (Å²) >= 11 is 0. The number of oxime groups is 1. The summed E-state index contributed by atoms with van der Waals surface area (Å²) in [6.45, 7) is 27.6. The standard InChI is InChI=1S/C19H39NO4Si2/c1-13-22-17(21)16(20-24-26(11,12)19(6,7)8)15(2)14-23-25(9,10)18(3,4)5/h2,13-14H2,1,3-12H3. The fourth-order valence-electron chi connectivity index (χ4n) is 1.29. The van der Waals surface area contributed by atoms with E-state index in [4.69, 9.17) is 13.7 Å². The van der Waals surface area contributed by atoms with Gasteiger partial charge in [0.2, 0.25) is 0 Å². The van der Waals surface area contributed by atoms with Gasteiger partial charge in [0.05, 0.1) is 13.2 Å². The molecular weight excluding hydrogens is 362 g/mol. The first-order valence-corrected chi connectivity index (χ1v) is 15.0. The van der Waals surface area contributed by atoms with Crippen LogP contribution < -0.4 is 0 Å². The van der Waals surface area contributed by atoms with Crippen molar-refractivity contribution in [3.63, 3.8) is 0 Å². The Kier molecular flexibility index (Phi) is 8.53. The average Bonchev–Trinajstić information content (AvgIpc) is 2.43. The minimum absolute atomic E-state index is 0.0186. The van der Waals surface area contributed by atoms with Gasteiger partial charge in [-0.05, 0) is 43.2 Å². The van der Waals surface area contributed by atoms with Gasteiger partial charge in [-0.1, -0.05) is 53.3 Å². The van der Waals surface area contributed by atoms with Crippen LogP contribution in [0.5, 0.6) is 0 Å². The quantitative estimate of drug-likeness (QED) is 0.233. The molecule has 0 saturated carbocycles. The largest absolute Gasteiger partial charge is 0.461 e. The van der Waals surface area contributed by atoms with E-state index in [2.05, 4.69) is 79.5 Å². The van der Waals surface area contributed by atoms with Crippen molar-refractivity contribution in [3.8, 4) is 0 Å². The van der Waals surface area contributed by atoms with Crippen molar-refractivity contribution in [2.24, 2.45) is 5.16 Å². The fourth-order valence-corrected chi connectivity index (χ4v) is 2.86. The van der Waals surface area contributed by atoms with E-state index in [-0.39, 0.29) is 29.0 Å². The van der Waals surface area contributed by atoms with Gasteiger partial charge in [-0.25, -0.2) is 4.79 Å². The van der Waals surface area contributed by atoms with E-state index in [1.54, 1.807) is 6.92 Å². The third kappa shape index (κ3) is 7.00. The van der Waals surface area contributed by atoms with E-state index in [1.165, 1.54) is 0 Å². The SMILES string of the molecule is C=C(CO[Si](C)(C)C(C)(C)C)C(=NO[Si](C)(C)C(C)(C)C)C(=O)OCC. The predicted molar refractivity (Wildman–Crippen MR) is 115 cm³/mol. The maximum absolute atomic E-state index is 12.4. The Morgan fingerprint density at radius 3 is 1.81 bits per heavy atom. The molecule has 0 aliphatic rings. The van der Waals surface area contributed by atoms with E-state index in [0.29, 0.717) is 5.57 Å². The van der Waals surface area contributed by atoms with E-state index in [9.17, 15) is 4.79 Å². The number of carbonyl (C=O) groups is 1. The molecule has 0 spiro atoms. The number of ether oxygens (including phenoxy) is 1. The lowest BCUT2D eigenvalue weighted by molar-refractivity contribution is -0.135. The van der Waals surface area contributed by atoms with Gasteiger partial charge < -0.3 is 13.7 Å². The maximum atomic E-state index is 12.4. The number of carbonyl (C=O) groups excluding carboxylic acids is 1. The van der Waals surface area contributed by atoms with Crippen LogP contribution in [0.2, 0.25) is 36.3 Å². The van der Waals surface area contributed by atoms with Gasteiger partial charge in [-0.3, -0.25) is 0 Å². The Hall–Kier alpha value is -0.926. The first-order valence-electron chi connectivity index (χ1n) is 9.21. The zero-order chi connectivity index (χ0) is 21.0. The van der Waals surface area contributed by atoms with Crippen molar-refractivity contribution in [1.29, 1.82) is 0 Å². The molecule has 0 aromatic carbocycles. The third-order valence-electron chi connectivity index (χ3n) is 5.39. The average molecular weight is 402 g/mol. The van der Waals surface area contributed by atoms with Crippen molar-refractivity contribution in [1.82, 2.24) is 0 Å². The molecule has 0 rings (SSSR count). The van der Waals surface area contributed by atoms with Gasteiger partial charge in [0, 0.05) is 5.57 Å². The van der Waals surface area contributed by atoms with Crippen LogP contribution in [-0.2, 0) is 18.5 Å². The summed E-state index contributed by atoms with van der Waals surface area (Å²) in [5.74, 6) is -0.518. The van der Waals surface area contributed by atoms with Gasteiger partial charge in [0.25, 0.3) is 8.32 Å². The Morgan fingerprint density at radius 1 is 0.962 bits per heavy atom. The van der Waals surface area contributed by atoms with Crippen LogP contribution >= 0.6 is 0 Å². The van der Waals surface area contributed by atoms with Gasteiger partial charge in [-0.2, -0.15) is 0 Å². The van der Waals surface area contributed by atoms with Crippen LogP contribution in [0.25, 0.3) is 0 Å². The maximum Gasteiger partial charge on any atom is 0.360 e. The molecule has 0 N–H and O–H groups in total. The molecular formula is C19H39NO4Si2. The van der Waals surface area contributed by atoms with Gasteiger partial charge in [0.15, 0.2) is 14.0 Å². The molecule has 0 radical (unpaired) electrons. The smallest absolute Gasteiger partial charge is 0.360 e. The van der Waals surface area contributed by atoms with Gasteiger partial charge in [0.1, 0.15) is 0 Å². The van der Waals surface area contributed by atoms with Crippen molar-refractivity contribution in [2.75, 3.05) is 13.2 Å². The summed E-state index contributed by atoms with van der Waals surface area (Å²) in [6, 6.07) is 0. The van der Waals surface area contributed by atoms with E-state index in [0.717, 1.165) is 0 Å². The minimum atomic E-state index is -2.14. The van der Waals surface area contributed by atoms with Gasteiger partial charge in [-0.15, -0.1) is 0 Å². The Labute approximate surface area is 162 Å². The number of esters is 1. The molecule has 0 heterocycles. The fraction of sp³-hybridized carbons (Fsp3) is 0.789. The molecule has 0 aromatic heterocycles. The number of rotatable bonds is 8. The summed E-state index contributed by atoms with van der Waals surface area (Å²) in [5, 5.41) is 4.24. The zero-order valence-corrected chi connectivity index (χ0v) is 20.7. The monoisotopic (exact) mass is 401 g/mol. The lowest BCUT2D eigenvalue weighted by Gasteiger charge is -2.36. The number of hydrogen-bond donors (Lipinski definition) is 0. The Morgan fingerprint density at radius 2 is 1.42 bits per heavy atom. The molecule has 5 nitrogen and oxygen atoms in total. The molecule has 0 aromatic rings. The van der Waals surface area contributed by atoms with Crippen LogP contribution in [0.1, 0.15) is 48.5 Å². The highest BCUT2D eigenvalue weighted by atomic mass is 28.4. The Bertz CT molecular complexity index is 541. The molecule has 0 saturated heterocycles.